The molecule has 214 valence electrons. The number of rotatable bonds is 10. The number of ether oxygens (including phenoxy) is 1. The number of nitrogens with zero attached hydrogens (tertiary/aromatic N) is 1. The lowest BCUT2D eigenvalue weighted by Crippen LogP contribution is -2.17. The minimum absolute atomic E-state index is 0.153. The van der Waals surface area contributed by atoms with Crippen LogP contribution in [0.3, 0.4) is 0 Å². The number of hydrogen-bond acceptors (Lipinski definition) is 2. The summed E-state index contributed by atoms with van der Waals surface area (Å²) in [7, 11) is 0. The van der Waals surface area contributed by atoms with Crippen LogP contribution in [0, 0.1) is 0 Å². The summed E-state index contributed by atoms with van der Waals surface area (Å²) in [5.41, 5.74) is 8.81. The molecule has 0 atom stereocenters. The van der Waals surface area contributed by atoms with Crippen molar-refractivity contribution >= 4 is 17.1 Å². The van der Waals surface area contributed by atoms with Gasteiger partial charge >= 0.3 is 0 Å². The Kier molecular flexibility index (Phi) is 8.54. The molecule has 5 aromatic rings. The van der Waals surface area contributed by atoms with Crippen molar-refractivity contribution in [2.75, 3.05) is 4.90 Å². The van der Waals surface area contributed by atoms with Gasteiger partial charge in [0.05, 0.1) is 0 Å². The highest BCUT2D eigenvalue weighted by atomic mass is 16.5. The molecule has 0 saturated heterocycles. The van der Waals surface area contributed by atoms with Crippen molar-refractivity contribution in [3.8, 4) is 22.6 Å². The molecule has 2 nitrogen and oxygen atoms in total. The zero-order valence-electron chi connectivity index (χ0n) is 25.9. The topological polar surface area (TPSA) is 12.5 Å². The first-order chi connectivity index (χ1) is 20.2. The van der Waals surface area contributed by atoms with Gasteiger partial charge in [0.25, 0.3) is 0 Å². The summed E-state index contributed by atoms with van der Waals surface area (Å²) in [6.07, 6.45) is 2.21. The third-order valence-electron chi connectivity index (χ3n) is 8.87. The largest absolute Gasteiger partial charge is 0.457 e. The maximum absolute atomic E-state index is 5.98. The lowest BCUT2D eigenvalue weighted by atomic mass is 9.82. The van der Waals surface area contributed by atoms with Gasteiger partial charge in [0.15, 0.2) is 0 Å². The van der Waals surface area contributed by atoms with Crippen LogP contribution in [-0.4, -0.2) is 0 Å². The van der Waals surface area contributed by atoms with Crippen molar-refractivity contribution < 1.29 is 4.74 Å². The molecule has 0 radical (unpaired) electrons. The molecule has 0 amide bonds. The monoisotopic (exact) mass is 553 g/mol. The van der Waals surface area contributed by atoms with Gasteiger partial charge in [0, 0.05) is 17.1 Å². The Hall–Kier alpha value is -4.30. The van der Waals surface area contributed by atoms with Crippen LogP contribution in [0.2, 0.25) is 0 Å². The minimum Gasteiger partial charge on any atom is -0.457 e. The quantitative estimate of drug-likeness (QED) is 0.170. The van der Waals surface area contributed by atoms with Crippen molar-refractivity contribution in [2.45, 2.75) is 65.2 Å². The fourth-order valence-corrected chi connectivity index (χ4v) is 5.12. The Bertz CT molecular complexity index is 1500. The Labute approximate surface area is 252 Å². The van der Waals surface area contributed by atoms with Crippen LogP contribution in [0.15, 0.2) is 127 Å². The number of para-hydroxylation sites is 1. The van der Waals surface area contributed by atoms with Gasteiger partial charge in [0.1, 0.15) is 11.5 Å². The second-order valence-electron chi connectivity index (χ2n) is 12.4. The second-order valence-corrected chi connectivity index (χ2v) is 12.4. The third-order valence-corrected chi connectivity index (χ3v) is 8.87. The van der Waals surface area contributed by atoms with Gasteiger partial charge in [-0.3, -0.25) is 0 Å². The highest BCUT2D eigenvalue weighted by Gasteiger charge is 2.21. The van der Waals surface area contributed by atoms with E-state index in [0.717, 1.165) is 47.0 Å². The lowest BCUT2D eigenvalue weighted by Gasteiger charge is -2.29. The average molecular weight is 554 g/mol. The molecule has 0 heterocycles. The van der Waals surface area contributed by atoms with Crippen LogP contribution in [0.5, 0.6) is 11.5 Å². The molecule has 0 aliphatic rings. The predicted octanol–water partition coefficient (Wildman–Crippen LogP) is 12.0. The number of hydrogen-bond donors (Lipinski definition) is 0. The van der Waals surface area contributed by atoms with Crippen LogP contribution in [-0.2, 0) is 10.8 Å². The van der Waals surface area contributed by atoms with E-state index in [-0.39, 0.29) is 10.8 Å². The standard InChI is InChI=1S/C40H43NO/c1-7-39(3,4)32-18-24-35(25-19-32)41(36-26-20-33(21-27-36)40(5,6)8-2)34-22-14-30(15-23-34)31-16-28-38(29-17-31)42-37-12-10-9-11-13-37/h9-29H,7-8H2,1-6H3. The summed E-state index contributed by atoms with van der Waals surface area (Å²) >= 11 is 0. The molecule has 5 aromatic carbocycles. The van der Waals surface area contributed by atoms with Crippen molar-refractivity contribution in [3.05, 3.63) is 139 Å². The van der Waals surface area contributed by atoms with Gasteiger partial charge in [-0.1, -0.05) is 108 Å². The van der Waals surface area contributed by atoms with Crippen LogP contribution in [0.4, 0.5) is 17.1 Å². The molecule has 0 bridgehead atoms. The van der Waals surface area contributed by atoms with E-state index >= 15 is 0 Å². The zero-order chi connectivity index (χ0) is 29.7. The summed E-state index contributed by atoms with van der Waals surface area (Å²) in [6, 6.07) is 45.2. The van der Waals surface area contributed by atoms with Gasteiger partial charge < -0.3 is 9.64 Å². The molecule has 0 N–H and O–H groups in total. The predicted molar refractivity (Wildman–Crippen MR) is 180 cm³/mol. The van der Waals surface area contributed by atoms with Crippen molar-refractivity contribution in [1.82, 2.24) is 0 Å². The van der Waals surface area contributed by atoms with Crippen molar-refractivity contribution in [3.63, 3.8) is 0 Å². The highest BCUT2D eigenvalue weighted by Crippen LogP contribution is 2.38. The van der Waals surface area contributed by atoms with Gasteiger partial charge in [0.2, 0.25) is 0 Å². The maximum atomic E-state index is 5.98. The van der Waals surface area contributed by atoms with Gasteiger partial charge in [-0.15, -0.1) is 0 Å². The Morgan fingerprint density at radius 2 is 0.810 bits per heavy atom. The fourth-order valence-electron chi connectivity index (χ4n) is 5.12. The van der Waals surface area contributed by atoms with Gasteiger partial charge in [-0.25, -0.2) is 0 Å². The lowest BCUT2D eigenvalue weighted by molar-refractivity contribution is 0.483. The van der Waals surface area contributed by atoms with Crippen molar-refractivity contribution in [1.29, 1.82) is 0 Å². The van der Waals surface area contributed by atoms with Gasteiger partial charge in [-0.05, 0) is 107 Å². The number of anilines is 3. The van der Waals surface area contributed by atoms with E-state index in [1.807, 2.05) is 42.5 Å². The van der Waals surface area contributed by atoms with E-state index in [4.69, 9.17) is 4.74 Å². The molecular weight excluding hydrogens is 510 g/mol. The summed E-state index contributed by atoms with van der Waals surface area (Å²) in [4.78, 5) is 2.35. The fraction of sp³-hybridized carbons (Fsp3) is 0.250. The molecule has 5 rings (SSSR count). The maximum Gasteiger partial charge on any atom is 0.127 e. The van der Waals surface area contributed by atoms with E-state index in [0.29, 0.717) is 0 Å². The highest BCUT2D eigenvalue weighted by molar-refractivity contribution is 5.78. The first kappa shape index (κ1) is 29.2. The van der Waals surface area contributed by atoms with Crippen LogP contribution in [0.1, 0.15) is 65.5 Å². The van der Waals surface area contributed by atoms with E-state index < -0.39 is 0 Å². The summed E-state index contributed by atoms with van der Waals surface area (Å²) in [6.45, 7) is 13.8. The molecule has 0 aliphatic carbocycles. The normalized spacial score (nSPS) is 11.8. The van der Waals surface area contributed by atoms with Crippen LogP contribution >= 0.6 is 0 Å². The molecule has 42 heavy (non-hydrogen) atoms. The summed E-state index contributed by atoms with van der Waals surface area (Å²) in [5.74, 6) is 1.67. The van der Waals surface area contributed by atoms with Crippen molar-refractivity contribution in [2.24, 2.45) is 0 Å². The molecule has 2 heteroatoms. The Morgan fingerprint density at radius 3 is 1.21 bits per heavy atom. The van der Waals surface area contributed by atoms with Crippen LogP contribution in [0.25, 0.3) is 11.1 Å². The Morgan fingerprint density at radius 1 is 0.452 bits per heavy atom. The van der Waals surface area contributed by atoms with E-state index in [2.05, 4.69) is 131 Å². The molecule has 0 fully saturated rings. The second kappa shape index (κ2) is 12.3. The summed E-state index contributed by atoms with van der Waals surface area (Å²) < 4.78 is 5.98. The average Bonchev–Trinajstić information content (AvgIpc) is 3.03. The molecular formula is C40H43NO. The molecule has 0 aliphatic heterocycles. The molecule has 0 unspecified atom stereocenters. The minimum atomic E-state index is 0.153. The first-order valence-electron chi connectivity index (χ1n) is 15.1. The van der Waals surface area contributed by atoms with Gasteiger partial charge in [-0.2, -0.15) is 0 Å². The Balaban J connectivity index is 1.45. The number of benzene rings is 5. The summed E-state index contributed by atoms with van der Waals surface area (Å²) in [5, 5.41) is 0. The SMILES string of the molecule is CCC(C)(C)c1ccc(N(c2ccc(-c3ccc(Oc4ccccc4)cc3)cc2)c2ccc(C(C)(C)CC)cc2)cc1. The van der Waals surface area contributed by atoms with E-state index in [1.54, 1.807) is 0 Å². The zero-order valence-corrected chi connectivity index (χ0v) is 25.9. The first-order valence-corrected chi connectivity index (χ1v) is 15.1. The molecule has 0 aromatic heterocycles. The third kappa shape index (κ3) is 6.44. The van der Waals surface area contributed by atoms with E-state index in [9.17, 15) is 0 Å². The van der Waals surface area contributed by atoms with Crippen LogP contribution < -0.4 is 9.64 Å². The molecule has 0 saturated carbocycles. The van der Waals surface area contributed by atoms with E-state index in [1.165, 1.54) is 16.7 Å². The molecule has 0 spiro atoms. The smallest absolute Gasteiger partial charge is 0.127 e.